The Morgan fingerprint density at radius 1 is 1.32 bits per heavy atom. The summed E-state index contributed by atoms with van der Waals surface area (Å²) in [6, 6.07) is 10.1. The van der Waals surface area contributed by atoms with E-state index in [1.807, 2.05) is 0 Å². The van der Waals surface area contributed by atoms with Gasteiger partial charge >= 0.3 is 0 Å². The fourth-order valence-electron chi connectivity index (χ4n) is 1.68. The number of nitro benzene ring substituents is 1. The van der Waals surface area contributed by atoms with E-state index < -0.39 is 10.8 Å². The first-order valence-electron chi connectivity index (χ1n) is 6.04. The lowest BCUT2D eigenvalue weighted by molar-refractivity contribution is -0.385. The number of aromatic hydroxyl groups is 1. The molecule has 0 fully saturated rings. The fraction of sp³-hybridized carbons (Fsp3) is 0. The maximum absolute atomic E-state index is 11.9. The minimum absolute atomic E-state index is 0.0506. The lowest BCUT2D eigenvalue weighted by Crippen LogP contribution is -2.18. The number of hydrazone groups is 1. The van der Waals surface area contributed by atoms with E-state index in [4.69, 9.17) is 0 Å². The standard InChI is InChI=1S/C14H10BrN3O4/c15-12-6-5-10(19)7-9(12)8-16-17-14(20)11-3-1-2-4-13(11)18(21)22/h1-8,19H,(H,17,20)/b16-8-. The van der Waals surface area contributed by atoms with Crippen LogP contribution in [0.15, 0.2) is 52.0 Å². The number of para-hydroxylation sites is 1. The highest BCUT2D eigenvalue weighted by atomic mass is 79.9. The zero-order valence-corrected chi connectivity index (χ0v) is 12.6. The molecular weight excluding hydrogens is 354 g/mol. The van der Waals surface area contributed by atoms with Gasteiger partial charge in [0.1, 0.15) is 11.3 Å². The number of nitro groups is 1. The number of hydrogen-bond acceptors (Lipinski definition) is 5. The molecule has 0 saturated carbocycles. The van der Waals surface area contributed by atoms with Gasteiger partial charge in [-0.2, -0.15) is 5.10 Å². The van der Waals surface area contributed by atoms with Crippen LogP contribution < -0.4 is 5.43 Å². The van der Waals surface area contributed by atoms with E-state index in [9.17, 15) is 20.0 Å². The van der Waals surface area contributed by atoms with E-state index in [1.165, 1.54) is 42.6 Å². The summed E-state index contributed by atoms with van der Waals surface area (Å²) in [5.41, 5.74) is 2.38. The molecule has 0 aromatic heterocycles. The molecule has 2 aromatic carbocycles. The van der Waals surface area contributed by atoms with Crippen molar-refractivity contribution in [1.82, 2.24) is 5.43 Å². The molecule has 112 valence electrons. The van der Waals surface area contributed by atoms with Gasteiger partial charge in [-0.15, -0.1) is 0 Å². The van der Waals surface area contributed by atoms with Crippen molar-refractivity contribution in [1.29, 1.82) is 0 Å². The van der Waals surface area contributed by atoms with Crippen LogP contribution in [-0.2, 0) is 0 Å². The molecule has 0 bridgehead atoms. The fourth-order valence-corrected chi connectivity index (χ4v) is 2.02. The summed E-state index contributed by atoms with van der Waals surface area (Å²) in [4.78, 5) is 22.1. The number of carbonyl (C=O) groups excluding carboxylic acids is 1. The summed E-state index contributed by atoms with van der Waals surface area (Å²) in [5.74, 6) is -0.644. The van der Waals surface area contributed by atoms with Gasteiger partial charge in [-0.05, 0) is 24.3 Å². The molecule has 0 saturated heterocycles. The molecule has 0 unspecified atom stereocenters. The third-order valence-electron chi connectivity index (χ3n) is 2.69. The number of phenolic OH excluding ortho intramolecular Hbond substituents is 1. The quantitative estimate of drug-likeness (QED) is 0.494. The number of hydrogen-bond donors (Lipinski definition) is 2. The van der Waals surface area contributed by atoms with E-state index in [0.717, 1.165) is 0 Å². The summed E-state index contributed by atoms with van der Waals surface area (Å²) >= 11 is 3.27. The third-order valence-corrected chi connectivity index (χ3v) is 3.42. The first-order chi connectivity index (χ1) is 10.5. The summed E-state index contributed by atoms with van der Waals surface area (Å²) in [7, 11) is 0. The molecule has 0 spiro atoms. The maximum atomic E-state index is 11.9. The van der Waals surface area contributed by atoms with Crippen LogP contribution in [0.2, 0.25) is 0 Å². The predicted octanol–water partition coefficient (Wildman–Crippen LogP) is 2.83. The summed E-state index contributed by atoms with van der Waals surface area (Å²) in [6.07, 6.45) is 1.32. The van der Waals surface area contributed by atoms with Crippen molar-refractivity contribution >= 4 is 33.7 Å². The van der Waals surface area contributed by atoms with Crippen molar-refractivity contribution in [2.45, 2.75) is 0 Å². The number of nitrogens with zero attached hydrogens (tertiary/aromatic N) is 2. The first kappa shape index (κ1) is 15.6. The van der Waals surface area contributed by atoms with Gasteiger partial charge in [0, 0.05) is 16.1 Å². The largest absolute Gasteiger partial charge is 0.508 e. The number of nitrogens with one attached hydrogen (secondary N) is 1. The van der Waals surface area contributed by atoms with Crippen molar-refractivity contribution in [3.05, 3.63) is 68.2 Å². The van der Waals surface area contributed by atoms with Crippen molar-refractivity contribution < 1.29 is 14.8 Å². The smallest absolute Gasteiger partial charge is 0.282 e. The summed E-state index contributed by atoms with van der Waals surface area (Å²) < 4.78 is 0.675. The molecule has 22 heavy (non-hydrogen) atoms. The SMILES string of the molecule is O=C(N/N=C\c1cc(O)ccc1Br)c1ccccc1[N+](=O)[O-]. The first-order valence-corrected chi connectivity index (χ1v) is 6.83. The average Bonchev–Trinajstić information content (AvgIpc) is 2.50. The lowest BCUT2D eigenvalue weighted by atomic mass is 10.2. The second-order valence-electron chi connectivity index (χ2n) is 4.18. The highest BCUT2D eigenvalue weighted by Gasteiger charge is 2.18. The Hall–Kier alpha value is -2.74. The van der Waals surface area contributed by atoms with Crippen LogP contribution >= 0.6 is 15.9 Å². The van der Waals surface area contributed by atoms with E-state index in [0.29, 0.717) is 10.0 Å². The normalized spacial score (nSPS) is 10.6. The Kier molecular flexibility index (Phi) is 4.84. The summed E-state index contributed by atoms with van der Waals surface area (Å²) in [6.45, 7) is 0. The van der Waals surface area contributed by atoms with Gasteiger partial charge in [0.2, 0.25) is 0 Å². The van der Waals surface area contributed by atoms with E-state index >= 15 is 0 Å². The molecule has 0 aliphatic rings. The zero-order valence-electron chi connectivity index (χ0n) is 11.1. The molecule has 2 N–H and O–H groups in total. The van der Waals surface area contributed by atoms with Gasteiger partial charge in [-0.1, -0.05) is 28.1 Å². The molecule has 0 aliphatic carbocycles. The van der Waals surface area contributed by atoms with Crippen LogP contribution in [-0.4, -0.2) is 22.2 Å². The van der Waals surface area contributed by atoms with E-state index in [1.54, 1.807) is 6.07 Å². The average molecular weight is 364 g/mol. The number of rotatable bonds is 4. The van der Waals surface area contributed by atoms with Gasteiger partial charge in [-0.25, -0.2) is 5.43 Å². The van der Waals surface area contributed by atoms with Crippen molar-refractivity contribution in [2.75, 3.05) is 0 Å². The monoisotopic (exact) mass is 363 g/mol. The maximum Gasteiger partial charge on any atom is 0.282 e. The molecular formula is C14H10BrN3O4. The van der Waals surface area contributed by atoms with Crippen molar-refractivity contribution in [3.63, 3.8) is 0 Å². The van der Waals surface area contributed by atoms with Crippen LogP contribution in [0.5, 0.6) is 5.75 Å². The van der Waals surface area contributed by atoms with Gasteiger partial charge in [0.15, 0.2) is 0 Å². The molecule has 1 amide bonds. The molecule has 8 heteroatoms. The number of carbonyl (C=O) groups is 1. The molecule has 0 heterocycles. The Labute approximate surface area is 133 Å². The Morgan fingerprint density at radius 2 is 2.05 bits per heavy atom. The number of halogens is 1. The second kappa shape index (κ2) is 6.81. The Morgan fingerprint density at radius 3 is 2.77 bits per heavy atom. The van der Waals surface area contributed by atoms with Gasteiger partial charge < -0.3 is 5.11 Å². The van der Waals surface area contributed by atoms with Crippen LogP contribution in [0.25, 0.3) is 0 Å². The molecule has 2 rings (SSSR count). The molecule has 0 radical (unpaired) electrons. The Bertz CT molecular complexity index is 762. The van der Waals surface area contributed by atoms with Crippen LogP contribution in [0.1, 0.15) is 15.9 Å². The van der Waals surface area contributed by atoms with Crippen LogP contribution in [0.4, 0.5) is 5.69 Å². The van der Waals surface area contributed by atoms with Crippen LogP contribution in [0, 0.1) is 10.1 Å². The second-order valence-corrected chi connectivity index (χ2v) is 5.03. The van der Waals surface area contributed by atoms with Gasteiger partial charge in [0.05, 0.1) is 11.1 Å². The van der Waals surface area contributed by atoms with E-state index in [2.05, 4.69) is 26.5 Å². The van der Waals surface area contributed by atoms with Crippen molar-refractivity contribution in [3.8, 4) is 5.75 Å². The molecule has 7 nitrogen and oxygen atoms in total. The van der Waals surface area contributed by atoms with Gasteiger partial charge in [-0.3, -0.25) is 14.9 Å². The van der Waals surface area contributed by atoms with E-state index in [-0.39, 0.29) is 17.0 Å². The number of phenols is 1. The van der Waals surface area contributed by atoms with Crippen LogP contribution in [0.3, 0.4) is 0 Å². The number of benzene rings is 2. The molecule has 2 aromatic rings. The summed E-state index contributed by atoms with van der Waals surface area (Å²) in [5, 5.41) is 24.0. The highest BCUT2D eigenvalue weighted by Crippen LogP contribution is 2.20. The predicted molar refractivity (Wildman–Crippen MR) is 84.0 cm³/mol. The highest BCUT2D eigenvalue weighted by molar-refractivity contribution is 9.10. The zero-order chi connectivity index (χ0) is 16.1. The third kappa shape index (κ3) is 3.67. The van der Waals surface area contributed by atoms with Crippen molar-refractivity contribution in [2.24, 2.45) is 5.10 Å². The minimum atomic E-state index is -0.695. The molecule has 0 atom stereocenters. The molecule has 0 aliphatic heterocycles. The number of amides is 1. The van der Waals surface area contributed by atoms with Gasteiger partial charge in [0.25, 0.3) is 11.6 Å². The topological polar surface area (TPSA) is 105 Å². The Balaban J connectivity index is 2.15. The minimum Gasteiger partial charge on any atom is -0.508 e. The lowest BCUT2D eigenvalue weighted by Gasteiger charge is -2.02.